The number of alkyl halides is 3. The van der Waals surface area contributed by atoms with Gasteiger partial charge in [-0.1, -0.05) is 24.3 Å². The summed E-state index contributed by atoms with van der Waals surface area (Å²) >= 11 is 0. The Hall–Kier alpha value is -1.03. The number of guanidine groups is 1. The molecular weight excluding hydrogens is 446 g/mol. The number of hydrogen-bond acceptors (Lipinski definition) is 2. The van der Waals surface area contributed by atoms with E-state index in [-0.39, 0.29) is 30.6 Å². The maximum Gasteiger partial charge on any atom is 0.411 e. The maximum atomic E-state index is 12.0. The molecule has 0 radical (unpaired) electrons. The molecule has 1 aromatic carbocycles. The normalized spacial score (nSPS) is 14.7. The second-order valence-corrected chi connectivity index (χ2v) is 5.70. The first-order chi connectivity index (χ1) is 11.5. The summed E-state index contributed by atoms with van der Waals surface area (Å²) in [5.74, 6) is 0.808. The molecule has 4 nitrogen and oxygen atoms in total. The van der Waals surface area contributed by atoms with Crippen molar-refractivity contribution in [2.24, 2.45) is 4.99 Å². The van der Waals surface area contributed by atoms with Crippen LogP contribution in [0.1, 0.15) is 24.5 Å². The fourth-order valence-electron chi connectivity index (χ4n) is 2.64. The van der Waals surface area contributed by atoms with E-state index in [0.717, 1.165) is 32.0 Å². The summed E-state index contributed by atoms with van der Waals surface area (Å²) in [6, 6.07) is 8.35. The minimum atomic E-state index is -4.26. The van der Waals surface area contributed by atoms with Gasteiger partial charge in [-0.3, -0.25) is 4.99 Å². The van der Waals surface area contributed by atoms with E-state index in [1.54, 1.807) is 0 Å². The molecule has 1 N–H and O–H groups in total. The Morgan fingerprint density at radius 2 is 2.00 bits per heavy atom. The lowest BCUT2D eigenvalue weighted by Crippen LogP contribution is -2.44. The topological polar surface area (TPSA) is 36.9 Å². The zero-order valence-electron chi connectivity index (χ0n) is 14.3. The predicted molar refractivity (Wildman–Crippen MR) is 103 cm³/mol. The smallest absolute Gasteiger partial charge is 0.372 e. The van der Waals surface area contributed by atoms with Crippen LogP contribution in [0.4, 0.5) is 13.2 Å². The first-order valence-electron chi connectivity index (χ1n) is 8.24. The van der Waals surface area contributed by atoms with E-state index in [0.29, 0.717) is 13.0 Å². The van der Waals surface area contributed by atoms with Gasteiger partial charge in [0.2, 0.25) is 0 Å². The average Bonchev–Trinajstić information content (AvgIpc) is 2.55. The molecule has 0 amide bonds. The highest BCUT2D eigenvalue weighted by Crippen LogP contribution is 2.18. The van der Waals surface area contributed by atoms with Gasteiger partial charge < -0.3 is 15.0 Å². The molecule has 0 spiro atoms. The van der Waals surface area contributed by atoms with Crippen LogP contribution in [0.5, 0.6) is 0 Å². The van der Waals surface area contributed by atoms with E-state index in [4.69, 9.17) is 0 Å². The van der Waals surface area contributed by atoms with Crippen LogP contribution in [-0.4, -0.2) is 49.9 Å². The van der Waals surface area contributed by atoms with Crippen LogP contribution in [0.3, 0.4) is 0 Å². The zero-order valence-corrected chi connectivity index (χ0v) is 16.6. The number of ether oxygens (including phenoxy) is 1. The summed E-state index contributed by atoms with van der Waals surface area (Å²) in [5.41, 5.74) is 2.66. The number of hydrogen-bond donors (Lipinski definition) is 1. The third-order valence-corrected chi connectivity index (χ3v) is 3.74. The van der Waals surface area contributed by atoms with Crippen molar-refractivity contribution in [2.75, 3.05) is 32.8 Å². The van der Waals surface area contributed by atoms with Crippen LogP contribution in [0.15, 0.2) is 29.3 Å². The molecule has 1 aromatic rings. The Kier molecular flexibility index (Phi) is 9.55. The zero-order chi connectivity index (χ0) is 17.4. The summed E-state index contributed by atoms with van der Waals surface area (Å²) in [6.45, 7) is 3.74. The molecule has 0 atom stereocenters. The molecule has 8 heteroatoms. The van der Waals surface area contributed by atoms with Crippen LogP contribution in [0.25, 0.3) is 0 Å². The molecule has 0 saturated carbocycles. The molecule has 1 aliphatic heterocycles. The first-order valence-corrected chi connectivity index (χ1v) is 8.24. The van der Waals surface area contributed by atoms with Gasteiger partial charge in [0.25, 0.3) is 0 Å². The predicted octanol–water partition coefficient (Wildman–Crippen LogP) is 3.60. The van der Waals surface area contributed by atoms with Crippen LogP contribution in [-0.2, 0) is 17.7 Å². The van der Waals surface area contributed by atoms with Crippen molar-refractivity contribution in [1.29, 1.82) is 0 Å². The molecule has 2 rings (SSSR count). The summed E-state index contributed by atoms with van der Waals surface area (Å²) in [4.78, 5) is 6.70. The van der Waals surface area contributed by atoms with Crippen molar-refractivity contribution in [3.8, 4) is 0 Å². The number of fused-ring (bicyclic) bond motifs is 1. The highest BCUT2D eigenvalue weighted by Gasteiger charge is 2.27. The Balaban J connectivity index is 0.00000312. The Labute approximate surface area is 163 Å². The standard InChI is InChI=1S/C17H24F3N3O.HI/c1-2-21-16(22-9-5-11-24-13-17(18,19)20)23-10-8-14-6-3-4-7-15(14)12-23;/h3-4,6-7H,2,5,8-13H2,1H3,(H,21,22);1H. The molecule has 25 heavy (non-hydrogen) atoms. The van der Waals surface area contributed by atoms with E-state index >= 15 is 0 Å². The van der Waals surface area contributed by atoms with Gasteiger partial charge in [-0.05, 0) is 30.9 Å². The second-order valence-electron chi connectivity index (χ2n) is 5.70. The van der Waals surface area contributed by atoms with Gasteiger partial charge in [0.05, 0.1) is 0 Å². The SMILES string of the molecule is CCNC(=NCCCOCC(F)(F)F)N1CCc2ccccc2C1.I. The number of nitrogens with zero attached hydrogens (tertiary/aromatic N) is 2. The highest BCUT2D eigenvalue weighted by molar-refractivity contribution is 14.0. The Bertz CT molecular complexity index is 552. The summed E-state index contributed by atoms with van der Waals surface area (Å²) in [6.07, 6.45) is -2.83. The largest absolute Gasteiger partial charge is 0.411 e. The van der Waals surface area contributed by atoms with E-state index in [1.807, 2.05) is 13.0 Å². The molecule has 0 unspecified atom stereocenters. The third-order valence-electron chi connectivity index (χ3n) is 3.74. The van der Waals surface area contributed by atoms with E-state index in [9.17, 15) is 13.2 Å². The number of rotatable bonds is 6. The van der Waals surface area contributed by atoms with Crippen molar-refractivity contribution in [2.45, 2.75) is 32.5 Å². The lowest BCUT2D eigenvalue weighted by atomic mass is 10.0. The summed E-state index contributed by atoms with van der Waals surface area (Å²) in [5, 5.41) is 3.25. The van der Waals surface area contributed by atoms with Gasteiger partial charge in [-0.15, -0.1) is 24.0 Å². The fourth-order valence-corrected chi connectivity index (χ4v) is 2.64. The van der Waals surface area contributed by atoms with Crippen molar-refractivity contribution < 1.29 is 17.9 Å². The molecule has 1 heterocycles. The molecule has 1 aliphatic rings. The van der Waals surface area contributed by atoms with Crippen LogP contribution < -0.4 is 5.32 Å². The van der Waals surface area contributed by atoms with Crippen LogP contribution in [0, 0.1) is 0 Å². The van der Waals surface area contributed by atoms with Crippen molar-refractivity contribution in [1.82, 2.24) is 10.2 Å². The van der Waals surface area contributed by atoms with Crippen LogP contribution in [0.2, 0.25) is 0 Å². The first kappa shape index (κ1) is 22.0. The van der Waals surface area contributed by atoms with Gasteiger partial charge in [0.1, 0.15) is 6.61 Å². The lowest BCUT2D eigenvalue weighted by Gasteiger charge is -2.31. The van der Waals surface area contributed by atoms with Gasteiger partial charge in [-0.25, -0.2) is 0 Å². The van der Waals surface area contributed by atoms with Crippen molar-refractivity contribution in [3.63, 3.8) is 0 Å². The minimum Gasteiger partial charge on any atom is -0.372 e. The van der Waals surface area contributed by atoms with E-state index in [1.165, 1.54) is 11.1 Å². The summed E-state index contributed by atoms with van der Waals surface area (Å²) < 4.78 is 40.6. The van der Waals surface area contributed by atoms with Gasteiger partial charge in [0, 0.05) is 32.8 Å². The fraction of sp³-hybridized carbons (Fsp3) is 0.588. The Morgan fingerprint density at radius 1 is 1.28 bits per heavy atom. The highest BCUT2D eigenvalue weighted by atomic mass is 127. The Morgan fingerprint density at radius 3 is 2.68 bits per heavy atom. The van der Waals surface area contributed by atoms with Crippen molar-refractivity contribution in [3.05, 3.63) is 35.4 Å². The maximum absolute atomic E-state index is 12.0. The summed E-state index contributed by atoms with van der Waals surface area (Å²) in [7, 11) is 0. The minimum absolute atomic E-state index is 0. The molecule has 0 aliphatic carbocycles. The number of aliphatic imine (C=N–C) groups is 1. The molecular formula is C17H25F3IN3O. The van der Waals surface area contributed by atoms with Gasteiger partial charge in [0.15, 0.2) is 5.96 Å². The van der Waals surface area contributed by atoms with Crippen molar-refractivity contribution >= 4 is 29.9 Å². The quantitative estimate of drug-likeness (QED) is 0.298. The third kappa shape index (κ3) is 7.81. The molecule has 142 valence electrons. The lowest BCUT2D eigenvalue weighted by molar-refractivity contribution is -0.173. The molecule has 0 aromatic heterocycles. The van der Waals surface area contributed by atoms with E-state index in [2.05, 4.69) is 38.1 Å². The number of halogens is 4. The number of benzene rings is 1. The molecule has 0 bridgehead atoms. The second kappa shape index (κ2) is 10.8. The molecule has 0 fully saturated rings. The number of nitrogens with one attached hydrogen (secondary N) is 1. The van der Waals surface area contributed by atoms with E-state index < -0.39 is 12.8 Å². The van der Waals surface area contributed by atoms with Crippen LogP contribution >= 0.6 is 24.0 Å². The van der Waals surface area contributed by atoms with Gasteiger partial charge in [-0.2, -0.15) is 13.2 Å². The average molecular weight is 471 g/mol. The van der Waals surface area contributed by atoms with Gasteiger partial charge >= 0.3 is 6.18 Å². The molecule has 0 saturated heterocycles. The monoisotopic (exact) mass is 471 g/mol.